The molecule has 2 aromatic carbocycles. The van der Waals surface area contributed by atoms with E-state index in [1.54, 1.807) is 12.1 Å². The molecule has 0 saturated heterocycles. The van der Waals surface area contributed by atoms with Gasteiger partial charge in [-0.15, -0.1) is 0 Å². The van der Waals surface area contributed by atoms with Gasteiger partial charge in [0.2, 0.25) is 17.6 Å². The van der Waals surface area contributed by atoms with Crippen LogP contribution in [0.3, 0.4) is 0 Å². The molecule has 4 rings (SSSR count). The number of anilines is 1. The predicted molar refractivity (Wildman–Crippen MR) is 88.4 cm³/mol. The number of nitrogens with two attached hydrogens (primary N) is 1. The molecule has 0 spiro atoms. The molecule has 0 fully saturated rings. The number of nitrogens with one attached hydrogen (secondary N) is 1. The fraction of sp³-hybridized carbons (Fsp3) is 0. The molecule has 0 saturated carbocycles. The van der Waals surface area contributed by atoms with Crippen molar-refractivity contribution in [3.05, 3.63) is 60.4 Å². The first-order valence-electron chi connectivity index (χ1n) is 7.37. The summed E-state index contributed by atoms with van der Waals surface area (Å²) in [5.74, 6) is 6.17. The van der Waals surface area contributed by atoms with Gasteiger partial charge in [-0.05, 0) is 36.4 Å². The Morgan fingerprint density at radius 1 is 0.880 bits per heavy atom. The van der Waals surface area contributed by atoms with Crippen LogP contribution in [0.15, 0.2) is 63.5 Å². The van der Waals surface area contributed by atoms with Gasteiger partial charge in [-0.25, -0.2) is 15.2 Å². The molecule has 0 aliphatic rings. The second kappa shape index (κ2) is 6.17. The number of nitrogen functional groups attached to an aromatic ring is 1. The zero-order valence-electron chi connectivity index (χ0n) is 12.8. The highest BCUT2D eigenvalue weighted by Gasteiger charge is 2.21. The fourth-order valence-corrected chi connectivity index (χ4v) is 2.30. The van der Waals surface area contributed by atoms with Crippen molar-refractivity contribution in [3.63, 3.8) is 0 Å². The number of halogens is 1. The predicted octanol–water partition coefficient (Wildman–Crippen LogP) is 3.48. The second-order valence-electron chi connectivity index (χ2n) is 5.14. The Bertz CT molecular complexity index is 996. The van der Waals surface area contributed by atoms with Gasteiger partial charge in [-0.1, -0.05) is 23.4 Å². The van der Waals surface area contributed by atoms with Gasteiger partial charge in [0.15, 0.2) is 5.69 Å². The number of hydrogen-bond acceptors (Lipinski definition) is 7. The SMILES string of the molecule is NNc1oc(-c2ccccc2)nc1-c1nc(-c2ccc(F)cc2)no1. The lowest BCUT2D eigenvalue weighted by Gasteiger charge is -1.94. The first-order chi connectivity index (χ1) is 12.2. The van der Waals surface area contributed by atoms with Gasteiger partial charge in [0.25, 0.3) is 5.89 Å². The van der Waals surface area contributed by atoms with Crippen LogP contribution >= 0.6 is 0 Å². The van der Waals surface area contributed by atoms with E-state index in [4.69, 9.17) is 14.8 Å². The van der Waals surface area contributed by atoms with Crippen molar-refractivity contribution in [2.45, 2.75) is 0 Å². The molecule has 124 valence electrons. The Morgan fingerprint density at radius 2 is 1.64 bits per heavy atom. The van der Waals surface area contributed by atoms with E-state index in [0.717, 1.165) is 5.56 Å². The highest BCUT2D eigenvalue weighted by atomic mass is 19.1. The van der Waals surface area contributed by atoms with E-state index in [2.05, 4.69) is 20.6 Å². The lowest BCUT2D eigenvalue weighted by molar-refractivity contribution is 0.431. The molecule has 0 unspecified atom stereocenters. The van der Waals surface area contributed by atoms with E-state index < -0.39 is 0 Å². The van der Waals surface area contributed by atoms with Crippen molar-refractivity contribution in [1.29, 1.82) is 0 Å². The summed E-state index contributed by atoms with van der Waals surface area (Å²) in [5.41, 5.74) is 4.13. The zero-order chi connectivity index (χ0) is 17.2. The summed E-state index contributed by atoms with van der Waals surface area (Å²) in [7, 11) is 0. The minimum absolute atomic E-state index is 0.137. The van der Waals surface area contributed by atoms with Gasteiger partial charge in [-0.3, -0.25) is 5.43 Å². The molecule has 0 atom stereocenters. The van der Waals surface area contributed by atoms with Gasteiger partial charge in [-0.2, -0.15) is 4.98 Å². The van der Waals surface area contributed by atoms with E-state index in [9.17, 15) is 4.39 Å². The molecule has 0 aliphatic carbocycles. The summed E-state index contributed by atoms with van der Waals surface area (Å²) in [6, 6.07) is 15.1. The summed E-state index contributed by atoms with van der Waals surface area (Å²) in [5, 5.41) is 3.89. The third-order valence-electron chi connectivity index (χ3n) is 3.51. The smallest absolute Gasteiger partial charge is 0.282 e. The van der Waals surface area contributed by atoms with Crippen LogP contribution in [0.2, 0.25) is 0 Å². The fourth-order valence-electron chi connectivity index (χ4n) is 2.30. The molecule has 4 aromatic rings. The number of aromatic nitrogens is 3. The number of benzene rings is 2. The lowest BCUT2D eigenvalue weighted by atomic mass is 10.2. The summed E-state index contributed by atoms with van der Waals surface area (Å²) >= 11 is 0. The van der Waals surface area contributed by atoms with Crippen molar-refractivity contribution in [1.82, 2.24) is 15.1 Å². The first-order valence-corrected chi connectivity index (χ1v) is 7.37. The van der Waals surface area contributed by atoms with Crippen LogP contribution in [0.5, 0.6) is 0 Å². The first kappa shape index (κ1) is 15.0. The largest absolute Gasteiger partial charge is 0.418 e. The average Bonchev–Trinajstić information content (AvgIpc) is 3.30. The topological polar surface area (TPSA) is 103 Å². The van der Waals surface area contributed by atoms with E-state index in [1.807, 2.05) is 30.3 Å². The number of rotatable bonds is 4. The van der Waals surface area contributed by atoms with Crippen LogP contribution in [0, 0.1) is 5.82 Å². The highest BCUT2D eigenvalue weighted by molar-refractivity contribution is 5.69. The van der Waals surface area contributed by atoms with Crippen molar-refractivity contribution in [3.8, 4) is 34.4 Å². The van der Waals surface area contributed by atoms with Crippen molar-refractivity contribution < 1.29 is 13.3 Å². The summed E-state index contributed by atoms with van der Waals surface area (Å²) in [4.78, 5) is 8.65. The molecule has 25 heavy (non-hydrogen) atoms. The Kier molecular flexibility index (Phi) is 3.71. The molecular formula is C17H12FN5O2. The van der Waals surface area contributed by atoms with Gasteiger partial charge in [0, 0.05) is 11.1 Å². The maximum absolute atomic E-state index is 13.0. The third kappa shape index (κ3) is 2.86. The van der Waals surface area contributed by atoms with Crippen LogP contribution in [-0.2, 0) is 0 Å². The van der Waals surface area contributed by atoms with E-state index in [-0.39, 0.29) is 17.6 Å². The molecule has 2 aromatic heterocycles. The number of oxazole rings is 1. The monoisotopic (exact) mass is 337 g/mol. The van der Waals surface area contributed by atoms with E-state index in [1.165, 1.54) is 12.1 Å². The summed E-state index contributed by atoms with van der Waals surface area (Å²) in [6.45, 7) is 0. The maximum Gasteiger partial charge on any atom is 0.282 e. The standard InChI is InChI=1S/C17H12FN5O2/c18-12-8-6-10(7-9-12)14-21-16(25-23-14)13-17(22-19)24-15(20-13)11-4-2-1-3-5-11/h1-9,22H,19H2. The molecule has 0 bridgehead atoms. The van der Waals surface area contributed by atoms with E-state index in [0.29, 0.717) is 23.0 Å². The molecule has 3 N–H and O–H groups in total. The molecular weight excluding hydrogens is 325 g/mol. The van der Waals surface area contributed by atoms with E-state index >= 15 is 0 Å². The summed E-state index contributed by atoms with van der Waals surface area (Å²) < 4.78 is 23.9. The van der Waals surface area contributed by atoms with Gasteiger partial charge in [0.05, 0.1) is 0 Å². The van der Waals surface area contributed by atoms with Crippen LogP contribution in [0.4, 0.5) is 10.3 Å². The van der Waals surface area contributed by atoms with Gasteiger partial charge in [0.1, 0.15) is 5.82 Å². The highest BCUT2D eigenvalue weighted by Crippen LogP contribution is 2.32. The average molecular weight is 337 g/mol. The molecule has 0 aliphatic heterocycles. The number of hydrazine groups is 1. The maximum atomic E-state index is 13.0. The minimum atomic E-state index is -0.342. The molecule has 0 radical (unpaired) electrons. The molecule has 7 nitrogen and oxygen atoms in total. The van der Waals surface area contributed by atoms with Crippen molar-refractivity contribution >= 4 is 5.88 Å². The van der Waals surface area contributed by atoms with Crippen LogP contribution in [0.25, 0.3) is 34.4 Å². The lowest BCUT2D eigenvalue weighted by Crippen LogP contribution is -2.06. The van der Waals surface area contributed by atoms with Crippen molar-refractivity contribution in [2.75, 3.05) is 5.43 Å². The van der Waals surface area contributed by atoms with Gasteiger partial charge >= 0.3 is 0 Å². The quantitative estimate of drug-likeness (QED) is 0.434. The molecule has 2 heterocycles. The third-order valence-corrected chi connectivity index (χ3v) is 3.51. The molecule has 0 amide bonds. The Labute approximate surface area is 141 Å². The second-order valence-corrected chi connectivity index (χ2v) is 5.14. The van der Waals surface area contributed by atoms with Crippen molar-refractivity contribution in [2.24, 2.45) is 5.84 Å². The number of hydrogen-bond donors (Lipinski definition) is 2. The van der Waals surface area contributed by atoms with Crippen LogP contribution in [-0.4, -0.2) is 15.1 Å². The van der Waals surface area contributed by atoms with Crippen LogP contribution < -0.4 is 11.3 Å². The Balaban J connectivity index is 1.72. The molecule has 8 heteroatoms. The Morgan fingerprint density at radius 3 is 2.36 bits per heavy atom. The van der Waals surface area contributed by atoms with Crippen LogP contribution in [0.1, 0.15) is 0 Å². The van der Waals surface area contributed by atoms with Gasteiger partial charge < -0.3 is 8.94 Å². The minimum Gasteiger partial charge on any atom is -0.418 e. The zero-order valence-corrected chi connectivity index (χ0v) is 12.8. The Hall–Kier alpha value is -3.52. The summed E-state index contributed by atoms with van der Waals surface area (Å²) in [6.07, 6.45) is 0. The normalized spacial score (nSPS) is 10.8. The number of nitrogens with zero attached hydrogens (tertiary/aromatic N) is 3.